The zero-order chi connectivity index (χ0) is 25.1. The molecule has 0 aromatic heterocycles. The van der Waals surface area contributed by atoms with Crippen LogP contribution in [-0.2, 0) is 19.7 Å². The fourth-order valence-corrected chi connectivity index (χ4v) is 6.24. The second kappa shape index (κ2) is 10.6. The van der Waals surface area contributed by atoms with Gasteiger partial charge in [-0.2, -0.15) is 0 Å². The van der Waals surface area contributed by atoms with Crippen molar-refractivity contribution in [2.24, 2.45) is 5.92 Å². The average molecular weight is 505 g/mol. The zero-order valence-corrected chi connectivity index (χ0v) is 20.8. The van der Waals surface area contributed by atoms with Gasteiger partial charge in [0.2, 0.25) is 0 Å². The van der Waals surface area contributed by atoms with Gasteiger partial charge in [0.05, 0.1) is 13.0 Å². The summed E-state index contributed by atoms with van der Waals surface area (Å²) in [5.74, 6) is -1.06. The number of hydrogen-bond acceptors (Lipinski definition) is 5. The maximum absolute atomic E-state index is 14.9. The standard InChI is InChI=1S/C30H29FO4S/c31-28-12-6-5-11-27(28)30(13-14-34-18-20(30)17-32)16-21(36)15-29(33)35-19-26-24-9-3-1-7-22(24)23-8-2-4-10-25(23)26/h1-12,20,26,32H,13-19H2/t20-,30+/m1/s1. The average Bonchev–Trinajstić information content (AvgIpc) is 3.21. The molecule has 0 bridgehead atoms. The Bertz CT molecular complexity index is 1230. The van der Waals surface area contributed by atoms with Crippen LogP contribution in [0, 0.1) is 11.7 Å². The van der Waals surface area contributed by atoms with Crippen LogP contribution < -0.4 is 0 Å². The van der Waals surface area contributed by atoms with E-state index in [0.717, 1.165) is 11.1 Å². The molecule has 0 saturated carbocycles. The summed E-state index contributed by atoms with van der Waals surface area (Å²) in [5.41, 5.74) is 4.44. The van der Waals surface area contributed by atoms with E-state index in [1.54, 1.807) is 18.2 Å². The Kier molecular flexibility index (Phi) is 7.28. The Labute approximate surface area is 216 Å². The van der Waals surface area contributed by atoms with Crippen molar-refractivity contribution in [3.05, 3.63) is 95.3 Å². The molecule has 1 N–H and O–H groups in total. The molecule has 0 unspecified atom stereocenters. The number of hydrogen-bond donors (Lipinski definition) is 1. The first kappa shape index (κ1) is 24.8. The van der Waals surface area contributed by atoms with Crippen LogP contribution in [0.5, 0.6) is 0 Å². The molecule has 2 atom stereocenters. The molecule has 0 radical (unpaired) electrons. The van der Waals surface area contributed by atoms with Gasteiger partial charge in [-0.05, 0) is 46.7 Å². The first-order valence-corrected chi connectivity index (χ1v) is 12.7. The topological polar surface area (TPSA) is 55.8 Å². The molecule has 1 fully saturated rings. The highest BCUT2D eigenvalue weighted by Gasteiger charge is 2.45. The predicted octanol–water partition coefficient (Wildman–Crippen LogP) is 5.60. The monoisotopic (exact) mass is 504 g/mol. The van der Waals surface area contributed by atoms with Gasteiger partial charge in [0.15, 0.2) is 0 Å². The van der Waals surface area contributed by atoms with E-state index in [4.69, 9.17) is 21.7 Å². The molecule has 1 aliphatic heterocycles. The highest BCUT2D eigenvalue weighted by atomic mass is 32.1. The molecule has 1 saturated heterocycles. The summed E-state index contributed by atoms with van der Waals surface area (Å²) in [6, 6.07) is 23.0. The lowest BCUT2D eigenvalue weighted by Crippen LogP contribution is -2.46. The number of aliphatic hydroxyl groups is 1. The van der Waals surface area contributed by atoms with Crippen LogP contribution in [0.15, 0.2) is 72.8 Å². The van der Waals surface area contributed by atoms with Crippen LogP contribution in [0.25, 0.3) is 11.1 Å². The van der Waals surface area contributed by atoms with E-state index in [1.807, 2.05) is 24.3 Å². The lowest BCUT2D eigenvalue weighted by atomic mass is 9.64. The SMILES string of the molecule is O=C(CC(=S)C[C@@]1(c2ccccc2F)CCOC[C@H]1CO)OCC1c2ccccc2-c2ccccc21. The summed E-state index contributed by atoms with van der Waals surface area (Å²) in [4.78, 5) is 13.4. The Morgan fingerprint density at radius 1 is 1.03 bits per heavy atom. The van der Waals surface area contributed by atoms with Gasteiger partial charge in [0.25, 0.3) is 0 Å². The van der Waals surface area contributed by atoms with Gasteiger partial charge in [-0.25, -0.2) is 4.39 Å². The number of halogens is 1. The van der Waals surface area contributed by atoms with Gasteiger partial charge in [0, 0.05) is 35.3 Å². The number of rotatable bonds is 8. The maximum atomic E-state index is 14.9. The number of carbonyl (C=O) groups excluding carboxylic acids is 1. The van der Waals surface area contributed by atoms with E-state index in [2.05, 4.69) is 24.3 Å². The minimum absolute atomic E-state index is 0.0195. The summed E-state index contributed by atoms with van der Waals surface area (Å²) in [6.07, 6.45) is 0.798. The van der Waals surface area contributed by atoms with Crippen molar-refractivity contribution in [1.82, 2.24) is 0 Å². The molecule has 5 rings (SSSR count). The number of thiocarbonyl (C=S) groups is 1. The first-order chi connectivity index (χ1) is 17.5. The molecule has 36 heavy (non-hydrogen) atoms. The van der Waals surface area contributed by atoms with E-state index in [9.17, 15) is 14.3 Å². The minimum Gasteiger partial charge on any atom is -0.464 e. The van der Waals surface area contributed by atoms with Crippen LogP contribution in [0.2, 0.25) is 0 Å². The van der Waals surface area contributed by atoms with Crippen molar-refractivity contribution in [2.45, 2.75) is 30.6 Å². The molecule has 0 amide bonds. The van der Waals surface area contributed by atoms with Crippen molar-refractivity contribution in [2.75, 3.05) is 26.4 Å². The third kappa shape index (κ3) is 4.61. The highest BCUT2D eigenvalue weighted by Crippen LogP contribution is 2.45. The molecule has 4 nitrogen and oxygen atoms in total. The van der Waals surface area contributed by atoms with Gasteiger partial charge >= 0.3 is 5.97 Å². The molecule has 3 aromatic rings. The smallest absolute Gasteiger partial charge is 0.310 e. The van der Waals surface area contributed by atoms with Crippen LogP contribution >= 0.6 is 12.2 Å². The summed E-state index contributed by atoms with van der Waals surface area (Å²) < 4.78 is 26.2. The fraction of sp³-hybridized carbons (Fsp3) is 0.333. The predicted molar refractivity (Wildman–Crippen MR) is 141 cm³/mol. The van der Waals surface area contributed by atoms with Crippen molar-refractivity contribution >= 4 is 23.1 Å². The van der Waals surface area contributed by atoms with Gasteiger partial charge in [-0.3, -0.25) is 4.79 Å². The van der Waals surface area contributed by atoms with Gasteiger partial charge in [0.1, 0.15) is 12.4 Å². The number of fused-ring (bicyclic) bond motifs is 3. The first-order valence-electron chi connectivity index (χ1n) is 12.3. The second-order valence-corrected chi connectivity index (χ2v) is 10.2. The summed E-state index contributed by atoms with van der Waals surface area (Å²) >= 11 is 5.66. The van der Waals surface area contributed by atoms with E-state index < -0.39 is 11.4 Å². The molecule has 3 aromatic carbocycles. The molecule has 0 spiro atoms. The van der Waals surface area contributed by atoms with Crippen molar-refractivity contribution < 1.29 is 23.8 Å². The van der Waals surface area contributed by atoms with E-state index in [0.29, 0.717) is 36.5 Å². The van der Waals surface area contributed by atoms with Crippen molar-refractivity contribution in [3.8, 4) is 11.1 Å². The number of carbonyl (C=O) groups is 1. The molecular weight excluding hydrogens is 475 g/mol. The van der Waals surface area contributed by atoms with Crippen molar-refractivity contribution in [3.63, 3.8) is 0 Å². The summed E-state index contributed by atoms with van der Waals surface area (Å²) in [6.45, 7) is 0.847. The Morgan fingerprint density at radius 3 is 2.33 bits per heavy atom. The quantitative estimate of drug-likeness (QED) is 0.320. The van der Waals surface area contributed by atoms with Crippen molar-refractivity contribution in [1.29, 1.82) is 0 Å². The molecule has 1 aliphatic carbocycles. The van der Waals surface area contributed by atoms with Crippen LogP contribution in [0.1, 0.15) is 41.9 Å². The van der Waals surface area contributed by atoms with Crippen LogP contribution in [0.3, 0.4) is 0 Å². The van der Waals surface area contributed by atoms with Crippen LogP contribution in [0.4, 0.5) is 4.39 Å². The van der Waals surface area contributed by atoms with E-state index in [-0.39, 0.29) is 37.3 Å². The second-order valence-electron chi connectivity index (χ2n) is 9.64. The van der Waals surface area contributed by atoms with E-state index in [1.165, 1.54) is 17.2 Å². The van der Waals surface area contributed by atoms with Gasteiger partial charge < -0.3 is 14.6 Å². The molecule has 1 heterocycles. The normalized spacial score (nSPS) is 21.0. The highest BCUT2D eigenvalue weighted by molar-refractivity contribution is 7.80. The number of benzene rings is 3. The lowest BCUT2D eigenvalue weighted by Gasteiger charge is -2.44. The lowest BCUT2D eigenvalue weighted by molar-refractivity contribution is -0.142. The van der Waals surface area contributed by atoms with E-state index >= 15 is 0 Å². The maximum Gasteiger partial charge on any atom is 0.310 e. The third-order valence-electron chi connectivity index (χ3n) is 7.65. The summed E-state index contributed by atoms with van der Waals surface area (Å²) in [5, 5.41) is 10.1. The number of ether oxygens (including phenoxy) is 2. The Morgan fingerprint density at radius 2 is 1.67 bits per heavy atom. The van der Waals surface area contributed by atoms with Crippen LogP contribution in [-0.4, -0.2) is 42.4 Å². The Hall–Kier alpha value is -2.93. The molecular formula is C30H29FO4S. The van der Waals surface area contributed by atoms with Gasteiger partial charge in [-0.15, -0.1) is 0 Å². The largest absolute Gasteiger partial charge is 0.464 e. The summed E-state index contributed by atoms with van der Waals surface area (Å²) in [7, 11) is 0. The Balaban J connectivity index is 1.29. The molecule has 186 valence electrons. The molecule has 6 heteroatoms. The van der Waals surface area contributed by atoms with Gasteiger partial charge in [-0.1, -0.05) is 78.9 Å². The number of aliphatic hydroxyl groups excluding tert-OH is 1. The fourth-order valence-electron chi connectivity index (χ4n) is 5.86. The molecule has 2 aliphatic rings. The third-order valence-corrected chi connectivity index (χ3v) is 7.94. The zero-order valence-electron chi connectivity index (χ0n) is 20.0. The minimum atomic E-state index is -0.723. The number of esters is 1.